The quantitative estimate of drug-likeness (QED) is 0.808. The zero-order valence-corrected chi connectivity index (χ0v) is 14.3. The number of β-amino-alcohol motifs (C(OH)–C–C–N with tert-alkyl or cyclic N) is 1. The predicted molar refractivity (Wildman–Crippen MR) is 90.6 cm³/mol. The molecule has 0 aromatic heterocycles. The molecule has 0 bridgehead atoms. The molecule has 1 heterocycles. The number of halogens is 1. The minimum absolute atomic E-state index is 0.232. The number of hydrogen-bond acceptors (Lipinski definition) is 4. The standard InChI is InChI=1S/C17H27ClN2O2/c1-13(21)12-20-7-5-14(6-8-20)10-19-11-15-9-16(18)3-4-17(15)22-2/h3-4,9,13-14,19,21H,5-8,10-12H2,1-2H3/t13-/m0/s1. The fraction of sp³-hybridized carbons (Fsp3) is 0.647. The predicted octanol–water partition coefficient (Wildman–Crippen LogP) is 2.53. The van der Waals surface area contributed by atoms with E-state index in [4.69, 9.17) is 16.3 Å². The molecule has 0 unspecified atom stereocenters. The molecule has 0 aliphatic carbocycles. The van der Waals surface area contributed by atoms with Crippen molar-refractivity contribution in [3.05, 3.63) is 28.8 Å². The van der Waals surface area contributed by atoms with Crippen LogP contribution in [0.25, 0.3) is 0 Å². The fourth-order valence-electron chi connectivity index (χ4n) is 3.04. The van der Waals surface area contributed by atoms with Crippen molar-refractivity contribution < 1.29 is 9.84 Å². The van der Waals surface area contributed by atoms with Crippen LogP contribution in [0.2, 0.25) is 5.02 Å². The van der Waals surface area contributed by atoms with E-state index in [0.29, 0.717) is 5.92 Å². The van der Waals surface area contributed by atoms with Crippen LogP contribution in [0.3, 0.4) is 0 Å². The average molecular weight is 327 g/mol. The molecule has 0 amide bonds. The summed E-state index contributed by atoms with van der Waals surface area (Å²) in [6.45, 7) is 6.59. The number of nitrogens with zero attached hydrogens (tertiary/aromatic N) is 1. The highest BCUT2D eigenvalue weighted by atomic mass is 35.5. The summed E-state index contributed by atoms with van der Waals surface area (Å²) in [5, 5.41) is 13.7. The van der Waals surface area contributed by atoms with E-state index in [-0.39, 0.29) is 6.10 Å². The molecule has 2 rings (SSSR count). The number of piperidine rings is 1. The fourth-order valence-corrected chi connectivity index (χ4v) is 3.24. The van der Waals surface area contributed by atoms with Crippen molar-refractivity contribution >= 4 is 11.6 Å². The van der Waals surface area contributed by atoms with E-state index in [1.54, 1.807) is 7.11 Å². The number of aliphatic hydroxyl groups is 1. The van der Waals surface area contributed by atoms with Crippen LogP contribution in [-0.4, -0.2) is 49.4 Å². The van der Waals surface area contributed by atoms with Gasteiger partial charge in [0.25, 0.3) is 0 Å². The van der Waals surface area contributed by atoms with Gasteiger partial charge in [-0.2, -0.15) is 0 Å². The van der Waals surface area contributed by atoms with Gasteiger partial charge in [0.05, 0.1) is 13.2 Å². The third-order valence-electron chi connectivity index (χ3n) is 4.22. The van der Waals surface area contributed by atoms with Crippen molar-refractivity contribution in [2.24, 2.45) is 5.92 Å². The Hall–Kier alpha value is -0.810. The molecule has 0 saturated carbocycles. The first-order valence-electron chi connectivity index (χ1n) is 8.02. The molecule has 124 valence electrons. The van der Waals surface area contributed by atoms with Gasteiger partial charge in [-0.1, -0.05) is 11.6 Å². The second-order valence-corrected chi connectivity index (χ2v) is 6.62. The third kappa shape index (κ3) is 5.43. The van der Waals surface area contributed by atoms with Crippen LogP contribution in [0.15, 0.2) is 18.2 Å². The highest BCUT2D eigenvalue weighted by Gasteiger charge is 2.19. The summed E-state index contributed by atoms with van der Waals surface area (Å²) in [4.78, 5) is 2.35. The third-order valence-corrected chi connectivity index (χ3v) is 4.46. The highest BCUT2D eigenvalue weighted by Crippen LogP contribution is 2.23. The number of benzene rings is 1. The molecule has 4 nitrogen and oxygen atoms in total. The maximum absolute atomic E-state index is 9.43. The van der Waals surface area contributed by atoms with E-state index in [1.807, 2.05) is 25.1 Å². The van der Waals surface area contributed by atoms with E-state index in [9.17, 15) is 5.11 Å². The Labute approximate surface area is 138 Å². The number of rotatable bonds is 7. The lowest BCUT2D eigenvalue weighted by Crippen LogP contribution is -2.40. The summed E-state index contributed by atoms with van der Waals surface area (Å²) in [6.07, 6.45) is 2.14. The van der Waals surface area contributed by atoms with Crippen molar-refractivity contribution in [1.82, 2.24) is 10.2 Å². The minimum Gasteiger partial charge on any atom is -0.496 e. The lowest BCUT2D eigenvalue weighted by atomic mass is 9.96. The maximum Gasteiger partial charge on any atom is 0.123 e. The van der Waals surface area contributed by atoms with E-state index in [1.165, 1.54) is 12.8 Å². The molecular weight excluding hydrogens is 300 g/mol. The summed E-state index contributed by atoms with van der Waals surface area (Å²) < 4.78 is 5.36. The maximum atomic E-state index is 9.43. The van der Waals surface area contributed by atoms with Crippen LogP contribution in [0.5, 0.6) is 5.75 Å². The second kappa shape index (κ2) is 8.73. The highest BCUT2D eigenvalue weighted by molar-refractivity contribution is 6.30. The van der Waals surface area contributed by atoms with Gasteiger partial charge in [-0.3, -0.25) is 0 Å². The lowest BCUT2D eigenvalue weighted by molar-refractivity contribution is 0.0998. The number of likely N-dealkylation sites (tertiary alicyclic amines) is 1. The van der Waals surface area contributed by atoms with Crippen LogP contribution < -0.4 is 10.1 Å². The summed E-state index contributed by atoms with van der Waals surface area (Å²) >= 11 is 6.05. The lowest BCUT2D eigenvalue weighted by Gasteiger charge is -2.32. The summed E-state index contributed by atoms with van der Waals surface area (Å²) in [5.74, 6) is 1.58. The number of nitrogens with one attached hydrogen (secondary N) is 1. The molecule has 5 heteroatoms. The van der Waals surface area contributed by atoms with Gasteiger partial charge < -0.3 is 20.1 Å². The Bertz CT molecular complexity index is 460. The number of ether oxygens (including phenoxy) is 1. The Morgan fingerprint density at radius 1 is 1.41 bits per heavy atom. The Balaban J connectivity index is 1.73. The van der Waals surface area contributed by atoms with Crippen molar-refractivity contribution in [3.63, 3.8) is 0 Å². The number of hydrogen-bond donors (Lipinski definition) is 2. The first-order chi connectivity index (χ1) is 10.6. The zero-order valence-electron chi connectivity index (χ0n) is 13.5. The minimum atomic E-state index is -0.232. The monoisotopic (exact) mass is 326 g/mol. The normalized spacial score (nSPS) is 18.4. The smallest absolute Gasteiger partial charge is 0.123 e. The Morgan fingerprint density at radius 2 is 2.14 bits per heavy atom. The van der Waals surface area contributed by atoms with Crippen LogP contribution in [0, 0.1) is 5.92 Å². The number of methoxy groups -OCH3 is 1. The Morgan fingerprint density at radius 3 is 2.77 bits per heavy atom. The molecule has 1 aromatic carbocycles. The molecule has 1 fully saturated rings. The summed E-state index contributed by atoms with van der Waals surface area (Å²) in [6, 6.07) is 5.72. The van der Waals surface area contributed by atoms with Crippen LogP contribution in [-0.2, 0) is 6.54 Å². The molecule has 1 atom stereocenters. The first-order valence-corrected chi connectivity index (χ1v) is 8.40. The van der Waals surface area contributed by atoms with Gasteiger partial charge in [0.15, 0.2) is 0 Å². The molecule has 1 aromatic rings. The molecule has 0 spiro atoms. The van der Waals surface area contributed by atoms with Gasteiger partial charge in [0, 0.05) is 23.7 Å². The molecule has 0 radical (unpaired) electrons. The van der Waals surface area contributed by atoms with E-state index < -0.39 is 0 Å². The van der Waals surface area contributed by atoms with Gasteiger partial charge in [-0.25, -0.2) is 0 Å². The van der Waals surface area contributed by atoms with Gasteiger partial charge >= 0.3 is 0 Å². The second-order valence-electron chi connectivity index (χ2n) is 6.18. The molecular formula is C17H27ClN2O2. The zero-order chi connectivity index (χ0) is 15.9. The first kappa shape index (κ1) is 17.5. The van der Waals surface area contributed by atoms with Gasteiger partial charge in [0.2, 0.25) is 0 Å². The molecule has 1 saturated heterocycles. The van der Waals surface area contributed by atoms with Gasteiger partial charge in [-0.15, -0.1) is 0 Å². The largest absolute Gasteiger partial charge is 0.496 e. The van der Waals surface area contributed by atoms with Crippen molar-refractivity contribution in [1.29, 1.82) is 0 Å². The molecule has 1 aliphatic rings. The molecule has 22 heavy (non-hydrogen) atoms. The number of aliphatic hydroxyl groups excluding tert-OH is 1. The molecule has 2 N–H and O–H groups in total. The van der Waals surface area contributed by atoms with Crippen molar-refractivity contribution in [3.8, 4) is 5.75 Å². The van der Waals surface area contributed by atoms with E-state index in [0.717, 1.165) is 49.1 Å². The SMILES string of the molecule is COc1ccc(Cl)cc1CNCC1CCN(C[C@H](C)O)CC1. The summed E-state index contributed by atoms with van der Waals surface area (Å²) in [5.41, 5.74) is 1.10. The van der Waals surface area contributed by atoms with Crippen molar-refractivity contribution in [2.75, 3.05) is 33.3 Å². The van der Waals surface area contributed by atoms with Crippen LogP contribution in [0.4, 0.5) is 0 Å². The van der Waals surface area contributed by atoms with Gasteiger partial charge in [-0.05, 0) is 63.5 Å². The molecule has 1 aliphatic heterocycles. The van der Waals surface area contributed by atoms with Crippen molar-refractivity contribution in [2.45, 2.75) is 32.4 Å². The van der Waals surface area contributed by atoms with Crippen LogP contribution >= 0.6 is 11.6 Å². The average Bonchev–Trinajstić information content (AvgIpc) is 2.49. The van der Waals surface area contributed by atoms with Crippen LogP contribution in [0.1, 0.15) is 25.3 Å². The summed E-state index contributed by atoms with van der Waals surface area (Å²) in [7, 11) is 1.69. The van der Waals surface area contributed by atoms with E-state index in [2.05, 4.69) is 10.2 Å². The van der Waals surface area contributed by atoms with E-state index >= 15 is 0 Å². The Kier molecular flexibility index (Phi) is 6.96. The van der Waals surface area contributed by atoms with Gasteiger partial charge in [0.1, 0.15) is 5.75 Å². The topological polar surface area (TPSA) is 44.7 Å².